The largest absolute Gasteiger partial charge is 0.461 e. The van der Waals surface area contributed by atoms with Gasteiger partial charge in [0.2, 0.25) is 11.8 Å². The highest BCUT2D eigenvalue weighted by Crippen LogP contribution is 2.25. The molecule has 7 nitrogen and oxygen atoms in total. The molecule has 4 aromatic rings. The molecule has 0 radical (unpaired) electrons. The van der Waals surface area contributed by atoms with Crippen molar-refractivity contribution in [3.8, 4) is 11.6 Å². The SMILES string of the molecule is CCCCN(C)c1ncc(CN2CCc3ccccc3C2)c2nc(-c3ccco3)nn12. The van der Waals surface area contributed by atoms with Crippen molar-refractivity contribution >= 4 is 11.6 Å². The monoisotopic (exact) mass is 416 g/mol. The minimum Gasteiger partial charge on any atom is -0.461 e. The number of aromatic nitrogens is 4. The molecule has 7 heteroatoms. The van der Waals surface area contributed by atoms with Crippen LogP contribution < -0.4 is 4.90 Å². The lowest BCUT2D eigenvalue weighted by Crippen LogP contribution is -2.30. The van der Waals surface area contributed by atoms with Crippen molar-refractivity contribution in [1.82, 2.24) is 24.5 Å². The topological polar surface area (TPSA) is 62.7 Å². The minimum atomic E-state index is 0.591. The van der Waals surface area contributed by atoms with E-state index in [2.05, 4.69) is 48.0 Å². The first-order chi connectivity index (χ1) is 15.2. The number of unbranched alkanes of at least 4 members (excludes halogenated alkanes) is 1. The number of benzene rings is 1. The summed E-state index contributed by atoms with van der Waals surface area (Å²) in [7, 11) is 2.06. The van der Waals surface area contributed by atoms with E-state index >= 15 is 0 Å². The first kappa shape index (κ1) is 19.8. The molecule has 1 aromatic carbocycles. The molecule has 0 amide bonds. The van der Waals surface area contributed by atoms with E-state index in [-0.39, 0.29) is 0 Å². The molecule has 160 valence electrons. The first-order valence-corrected chi connectivity index (χ1v) is 11.0. The molecule has 4 heterocycles. The maximum atomic E-state index is 5.56. The lowest BCUT2D eigenvalue weighted by molar-refractivity contribution is 0.246. The van der Waals surface area contributed by atoms with Gasteiger partial charge in [0, 0.05) is 45.0 Å². The second-order valence-corrected chi connectivity index (χ2v) is 8.24. The molecule has 0 atom stereocenters. The average molecular weight is 417 g/mol. The standard InChI is InChI=1S/C24H28N6O/c1-3-4-12-28(2)24-25-15-20(17-29-13-11-18-8-5-6-9-19(18)16-29)23-26-22(27-30(23)24)21-10-7-14-31-21/h5-10,14-15H,3-4,11-13,16-17H2,1-2H3. The number of hydrogen-bond donors (Lipinski definition) is 0. The van der Waals surface area contributed by atoms with E-state index in [0.717, 1.165) is 62.6 Å². The maximum Gasteiger partial charge on any atom is 0.228 e. The van der Waals surface area contributed by atoms with Crippen molar-refractivity contribution in [2.75, 3.05) is 25.0 Å². The Labute approximate surface area is 182 Å². The van der Waals surface area contributed by atoms with E-state index in [4.69, 9.17) is 19.5 Å². The third-order valence-electron chi connectivity index (χ3n) is 5.95. The second-order valence-electron chi connectivity index (χ2n) is 8.24. The molecule has 1 aliphatic rings. The summed E-state index contributed by atoms with van der Waals surface area (Å²) in [5.41, 5.74) is 4.79. The van der Waals surface area contributed by atoms with E-state index in [9.17, 15) is 0 Å². The molecule has 0 N–H and O–H groups in total. The molecule has 3 aromatic heterocycles. The quantitative estimate of drug-likeness (QED) is 0.450. The van der Waals surface area contributed by atoms with Gasteiger partial charge in [-0.25, -0.2) is 9.97 Å². The van der Waals surface area contributed by atoms with E-state index in [1.54, 1.807) is 6.26 Å². The third kappa shape index (κ3) is 3.93. The Balaban J connectivity index is 1.49. The maximum absolute atomic E-state index is 5.56. The van der Waals surface area contributed by atoms with Crippen LogP contribution in [0.15, 0.2) is 53.3 Å². The van der Waals surface area contributed by atoms with Gasteiger partial charge in [0.1, 0.15) is 0 Å². The van der Waals surface area contributed by atoms with Gasteiger partial charge in [-0.05, 0) is 36.1 Å². The van der Waals surface area contributed by atoms with Crippen LogP contribution in [0.4, 0.5) is 5.95 Å². The fourth-order valence-electron chi connectivity index (χ4n) is 4.21. The molecule has 0 saturated carbocycles. The van der Waals surface area contributed by atoms with Gasteiger partial charge in [-0.2, -0.15) is 4.52 Å². The van der Waals surface area contributed by atoms with E-state index in [1.165, 1.54) is 11.1 Å². The van der Waals surface area contributed by atoms with Crippen LogP contribution in [0.25, 0.3) is 17.2 Å². The summed E-state index contributed by atoms with van der Waals surface area (Å²) in [4.78, 5) is 14.3. The average Bonchev–Trinajstić information content (AvgIpc) is 3.48. The molecule has 0 spiro atoms. The molecule has 0 fully saturated rings. The van der Waals surface area contributed by atoms with E-state index in [0.29, 0.717) is 11.6 Å². The number of furan rings is 1. The van der Waals surface area contributed by atoms with Gasteiger partial charge in [0.15, 0.2) is 11.4 Å². The van der Waals surface area contributed by atoms with Crippen molar-refractivity contribution < 1.29 is 4.42 Å². The zero-order valence-electron chi connectivity index (χ0n) is 18.2. The van der Waals surface area contributed by atoms with Crippen LogP contribution in [0.3, 0.4) is 0 Å². The third-order valence-corrected chi connectivity index (χ3v) is 5.95. The van der Waals surface area contributed by atoms with Gasteiger partial charge in [-0.15, -0.1) is 5.10 Å². The Bertz CT molecular complexity index is 1170. The van der Waals surface area contributed by atoms with Crippen molar-refractivity contribution in [1.29, 1.82) is 0 Å². The lowest BCUT2D eigenvalue weighted by Gasteiger charge is -2.28. The van der Waals surface area contributed by atoms with E-state index < -0.39 is 0 Å². The van der Waals surface area contributed by atoms with Crippen LogP contribution in [0.5, 0.6) is 0 Å². The van der Waals surface area contributed by atoms with Gasteiger partial charge < -0.3 is 9.32 Å². The second kappa shape index (κ2) is 8.51. The Hall–Kier alpha value is -3.19. The van der Waals surface area contributed by atoms with Crippen molar-refractivity contribution in [2.24, 2.45) is 0 Å². The summed E-state index contributed by atoms with van der Waals surface area (Å²) in [6.45, 7) is 5.89. The van der Waals surface area contributed by atoms with Crippen LogP contribution in [0.2, 0.25) is 0 Å². The number of rotatable bonds is 7. The normalized spacial score (nSPS) is 14.1. The smallest absolute Gasteiger partial charge is 0.228 e. The van der Waals surface area contributed by atoms with Crippen molar-refractivity contribution in [3.63, 3.8) is 0 Å². The summed E-state index contributed by atoms with van der Waals surface area (Å²) >= 11 is 0. The lowest BCUT2D eigenvalue weighted by atomic mass is 10.00. The number of nitrogens with zero attached hydrogens (tertiary/aromatic N) is 6. The highest BCUT2D eigenvalue weighted by molar-refractivity contribution is 5.58. The highest BCUT2D eigenvalue weighted by Gasteiger charge is 2.21. The summed E-state index contributed by atoms with van der Waals surface area (Å²) in [6.07, 6.45) is 6.93. The van der Waals surface area contributed by atoms with Gasteiger partial charge in [-0.1, -0.05) is 37.6 Å². The Morgan fingerprint density at radius 3 is 2.81 bits per heavy atom. The molecule has 0 bridgehead atoms. The summed E-state index contributed by atoms with van der Waals surface area (Å²) in [6, 6.07) is 12.5. The number of hydrogen-bond acceptors (Lipinski definition) is 6. The van der Waals surface area contributed by atoms with Crippen LogP contribution in [0.1, 0.15) is 36.5 Å². The van der Waals surface area contributed by atoms with Gasteiger partial charge in [-0.3, -0.25) is 4.90 Å². The Morgan fingerprint density at radius 2 is 2.00 bits per heavy atom. The Morgan fingerprint density at radius 1 is 1.13 bits per heavy atom. The molecule has 5 rings (SSSR count). The summed E-state index contributed by atoms with van der Waals surface area (Å²) < 4.78 is 7.44. The van der Waals surface area contributed by atoms with Crippen molar-refractivity contribution in [3.05, 3.63) is 65.5 Å². The fourth-order valence-corrected chi connectivity index (χ4v) is 4.21. The zero-order chi connectivity index (χ0) is 21.2. The predicted octanol–water partition coefficient (Wildman–Crippen LogP) is 4.18. The molecule has 1 aliphatic heterocycles. The van der Waals surface area contributed by atoms with E-state index in [1.807, 2.05) is 22.8 Å². The molecule has 0 aliphatic carbocycles. The number of fused-ring (bicyclic) bond motifs is 2. The first-order valence-electron chi connectivity index (χ1n) is 11.0. The van der Waals surface area contributed by atoms with Gasteiger partial charge >= 0.3 is 0 Å². The van der Waals surface area contributed by atoms with Gasteiger partial charge in [0.25, 0.3) is 0 Å². The summed E-state index contributed by atoms with van der Waals surface area (Å²) in [5.74, 6) is 2.07. The Kier molecular flexibility index (Phi) is 5.42. The molecule has 31 heavy (non-hydrogen) atoms. The predicted molar refractivity (Wildman–Crippen MR) is 121 cm³/mol. The zero-order valence-corrected chi connectivity index (χ0v) is 18.2. The minimum absolute atomic E-state index is 0.591. The highest BCUT2D eigenvalue weighted by atomic mass is 16.3. The van der Waals surface area contributed by atoms with Crippen LogP contribution in [-0.2, 0) is 19.5 Å². The van der Waals surface area contributed by atoms with Crippen LogP contribution >= 0.6 is 0 Å². The van der Waals surface area contributed by atoms with Crippen LogP contribution in [-0.4, -0.2) is 44.6 Å². The molecule has 0 unspecified atom stereocenters. The molecular weight excluding hydrogens is 388 g/mol. The van der Waals surface area contributed by atoms with Gasteiger partial charge in [0.05, 0.1) is 6.26 Å². The van der Waals surface area contributed by atoms with Crippen LogP contribution in [0, 0.1) is 0 Å². The fraction of sp³-hybridized carbons (Fsp3) is 0.375. The van der Waals surface area contributed by atoms with Crippen molar-refractivity contribution in [2.45, 2.75) is 39.3 Å². The molecular formula is C24H28N6O. The molecule has 0 saturated heterocycles. The summed E-state index contributed by atoms with van der Waals surface area (Å²) in [5, 5.41) is 4.76. The number of anilines is 1.